The molecule has 2 atom stereocenters. The van der Waals surface area contributed by atoms with Crippen LogP contribution in [-0.2, 0) is 29.1 Å². The number of nitrogens with two attached hydrogens (primary N) is 1. The van der Waals surface area contributed by atoms with Crippen molar-refractivity contribution < 1.29 is 27.5 Å². The minimum atomic E-state index is -4.21. The summed E-state index contributed by atoms with van der Waals surface area (Å²) < 4.78 is 34.4. The molecule has 0 saturated carbocycles. The average Bonchev–Trinajstić information content (AvgIpc) is 3.00. The van der Waals surface area contributed by atoms with Crippen LogP contribution in [0.3, 0.4) is 0 Å². The van der Waals surface area contributed by atoms with Crippen molar-refractivity contribution in [2.75, 3.05) is 46.4 Å². The number of sulfonamides is 1. The van der Waals surface area contributed by atoms with Crippen LogP contribution in [0.15, 0.2) is 47.4 Å². The highest BCUT2D eigenvalue weighted by Crippen LogP contribution is 2.26. The van der Waals surface area contributed by atoms with Gasteiger partial charge in [0.25, 0.3) is 0 Å². The molecule has 2 aromatic rings. The Morgan fingerprint density at radius 1 is 1.16 bits per heavy atom. The van der Waals surface area contributed by atoms with Crippen molar-refractivity contribution in [1.82, 2.24) is 19.4 Å². The summed E-state index contributed by atoms with van der Waals surface area (Å²) in [5, 5.41) is 12.0. The third-order valence-corrected chi connectivity index (χ3v) is 9.73. The number of fused-ring (bicyclic) bond motifs is 1. The van der Waals surface area contributed by atoms with Crippen LogP contribution < -0.4 is 11.1 Å². The van der Waals surface area contributed by atoms with Crippen LogP contribution in [-0.4, -0.2) is 98.7 Å². The maximum Gasteiger partial charge on any atom is 0.307 e. The van der Waals surface area contributed by atoms with Crippen LogP contribution in [0, 0.1) is 11.3 Å². The van der Waals surface area contributed by atoms with Crippen molar-refractivity contribution in [1.29, 1.82) is 5.41 Å². The molecule has 0 spiro atoms. The van der Waals surface area contributed by atoms with Crippen LogP contribution in [0.1, 0.15) is 52.4 Å². The van der Waals surface area contributed by atoms with Crippen LogP contribution in [0.25, 0.3) is 10.8 Å². The Balaban J connectivity index is 1.89. The molecule has 2 amide bonds. The minimum Gasteiger partial charge on any atom is -0.466 e. The standard InChI is InChI=1S/C31H46N6O6S/c1-4-6-18-37(44(41,42)26-14-13-24-11-7-8-12-25(24)19-26)27(30(40)34-16-15-29(39)43-5-2)20-28(38)35(3)21-23-10-9-17-36(22-23)31(32)33/h7-8,11-14,19,23,27H,4-6,9-10,15-18,20-22H2,1-3H3,(H3,32,33)(H,34,40)/t23-,27+/m1/s1. The van der Waals surface area contributed by atoms with Crippen molar-refractivity contribution in [3.63, 3.8) is 0 Å². The van der Waals surface area contributed by atoms with Crippen molar-refractivity contribution >= 4 is 44.5 Å². The van der Waals surface area contributed by atoms with Crippen LogP contribution in [0.4, 0.5) is 0 Å². The summed E-state index contributed by atoms with van der Waals surface area (Å²) in [6.07, 6.45) is 2.39. The lowest BCUT2D eigenvalue weighted by Crippen LogP contribution is -2.52. The lowest BCUT2D eigenvalue weighted by molar-refractivity contribution is -0.143. The van der Waals surface area contributed by atoms with E-state index in [-0.39, 0.29) is 55.2 Å². The normalized spacial score (nSPS) is 16.0. The molecule has 0 unspecified atom stereocenters. The molecule has 2 aromatic carbocycles. The van der Waals surface area contributed by atoms with Gasteiger partial charge in [0.1, 0.15) is 6.04 Å². The molecule has 0 aromatic heterocycles. The molecule has 0 radical (unpaired) electrons. The van der Waals surface area contributed by atoms with Gasteiger partial charge in [0.2, 0.25) is 21.8 Å². The number of nitrogens with one attached hydrogen (secondary N) is 2. The molecule has 1 saturated heterocycles. The van der Waals surface area contributed by atoms with Gasteiger partial charge in [-0.3, -0.25) is 19.8 Å². The van der Waals surface area contributed by atoms with E-state index in [1.54, 1.807) is 31.0 Å². The molecule has 1 fully saturated rings. The summed E-state index contributed by atoms with van der Waals surface area (Å²) in [4.78, 5) is 42.5. The highest BCUT2D eigenvalue weighted by atomic mass is 32.2. The van der Waals surface area contributed by atoms with Crippen molar-refractivity contribution in [2.24, 2.45) is 11.7 Å². The maximum atomic E-state index is 14.2. The summed E-state index contributed by atoms with van der Waals surface area (Å²) in [6, 6.07) is 10.9. The fourth-order valence-electron chi connectivity index (χ4n) is 5.43. The van der Waals surface area contributed by atoms with E-state index < -0.39 is 27.9 Å². The van der Waals surface area contributed by atoms with Gasteiger partial charge < -0.3 is 25.6 Å². The Morgan fingerprint density at radius 2 is 1.89 bits per heavy atom. The van der Waals surface area contributed by atoms with E-state index in [1.807, 2.05) is 31.2 Å². The largest absolute Gasteiger partial charge is 0.466 e. The number of rotatable bonds is 15. The summed E-state index contributed by atoms with van der Waals surface area (Å²) >= 11 is 0. The number of guanidine groups is 1. The number of piperidine rings is 1. The number of carbonyl (C=O) groups excluding carboxylic acids is 3. The molecule has 13 heteroatoms. The van der Waals surface area contributed by atoms with Gasteiger partial charge in [-0.1, -0.05) is 43.7 Å². The predicted octanol–water partition coefficient (Wildman–Crippen LogP) is 2.52. The van der Waals surface area contributed by atoms with E-state index >= 15 is 0 Å². The average molecular weight is 631 g/mol. The molecule has 1 heterocycles. The van der Waals surface area contributed by atoms with Gasteiger partial charge in [-0.25, -0.2) is 8.42 Å². The smallest absolute Gasteiger partial charge is 0.307 e. The molecule has 242 valence electrons. The minimum absolute atomic E-state index is 0.00584. The first-order chi connectivity index (χ1) is 21.0. The fraction of sp³-hybridized carbons (Fsp3) is 0.548. The number of benzene rings is 2. The first-order valence-electron chi connectivity index (χ1n) is 15.2. The third-order valence-electron chi connectivity index (χ3n) is 7.83. The van der Waals surface area contributed by atoms with Gasteiger partial charge in [0.15, 0.2) is 5.96 Å². The third kappa shape index (κ3) is 9.39. The molecule has 1 aliphatic rings. The Morgan fingerprint density at radius 3 is 2.57 bits per heavy atom. The molecule has 3 rings (SSSR count). The van der Waals surface area contributed by atoms with Gasteiger partial charge >= 0.3 is 5.97 Å². The number of likely N-dealkylation sites (tertiary alicyclic amines) is 1. The molecule has 0 aliphatic carbocycles. The molecule has 4 N–H and O–H groups in total. The Kier molecular flexibility index (Phi) is 13.0. The summed E-state index contributed by atoms with van der Waals surface area (Å²) in [7, 11) is -2.57. The highest BCUT2D eigenvalue weighted by molar-refractivity contribution is 7.89. The Hall–Kier alpha value is -3.71. The van der Waals surface area contributed by atoms with E-state index in [4.69, 9.17) is 15.9 Å². The number of ether oxygens (including phenoxy) is 1. The van der Waals surface area contributed by atoms with Gasteiger partial charge in [-0.15, -0.1) is 0 Å². The summed E-state index contributed by atoms with van der Waals surface area (Å²) in [5.41, 5.74) is 5.68. The number of unbranched alkanes of at least 4 members (excludes halogenated alkanes) is 1. The zero-order valence-electron chi connectivity index (χ0n) is 26.0. The highest BCUT2D eigenvalue weighted by Gasteiger charge is 2.38. The molecule has 44 heavy (non-hydrogen) atoms. The monoisotopic (exact) mass is 630 g/mol. The number of esters is 1. The quantitative estimate of drug-likeness (QED) is 0.153. The number of nitrogens with zero attached hydrogens (tertiary/aromatic N) is 3. The van der Waals surface area contributed by atoms with Gasteiger partial charge in [0, 0.05) is 39.8 Å². The fourth-order valence-corrected chi connectivity index (χ4v) is 7.09. The first kappa shape index (κ1) is 34.8. The maximum absolute atomic E-state index is 14.2. The molecular weight excluding hydrogens is 584 g/mol. The van der Waals surface area contributed by atoms with Crippen LogP contribution in [0.2, 0.25) is 0 Å². The molecule has 1 aliphatic heterocycles. The Bertz CT molecular complexity index is 1420. The number of amides is 2. The predicted molar refractivity (Wildman–Crippen MR) is 169 cm³/mol. The van der Waals surface area contributed by atoms with E-state index in [2.05, 4.69) is 5.32 Å². The van der Waals surface area contributed by atoms with E-state index in [1.165, 1.54) is 11.0 Å². The SMILES string of the molecule is CCCCN([C@@H](CC(=O)N(C)C[C@H]1CCCN(C(=N)N)C1)C(=O)NCCC(=O)OCC)S(=O)(=O)c1ccc2ccccc2c1. The topological polar surface area (TPSA) is 166 Å². The summed E-state index contributed by atoms with van der Waals surface area (Å²) in [6.45, 7) is 5.40. The second kappa shape index (κ2) is 16.4. The van der Waals surface area contributed by atoms with Gasteiger partial charge in [-0.05, 0) is 55.0 Å². The number of carbonyl (C=O) groups is 3. The lowest BCUT2D eigenvalue weighted by Gasteiger charge is -2.35. The van der Waals surface area contributed by atoms with E-state index in [0.29, 0.717) is 32.5 Å². The van der Waals surface area contributed by atoms with Crippen molar-refractivity contribution in [2.45, 2.75) is 63.3 Å². The van der Waals surface area contributed by atoms with Crippen molar-refractivity contribution in [3.8, 4) is 0 Å². The summed E-state index contributed by atoms with van der Waals surface area (Å²) in [5.74, 6) is -1.45. The Labute approximate surface area is 260 Å². The van der Waals surface area contributed by atoms with Gasteiger partial charge in [-0.2, -0.15) is 4.31 Å². The lowest BCUT2D eigenvalue weighted by atomic mass is 9.97. The van der Waals surface area contributed by atoms with Crippen LogP contribution in [0.5, 0.6) is 0 Å². The van der Waals surface area contributed by atoms with E-state index in [9.17, 15) is 22.8 Å². The van der Waals surface area contributed by atoms with Gasteiger partial charge in [0.05, 0.1) is 24.3 Å². The number of hydrogen-bond acceptors (Lipinski definition) is 7. The van der Waals surface area contributed by atoms with E-state index in [0.717, 1.165) is 27.9 Å². The zero-order chi connectivity index (χ0) is 32.3. The molecule has 0 bridgehead atoms. The molecular formula is C31H46N6O6S. The zero-order valence-corrected chi connectivity index (χ0v) is 26.8. The molecule has 12 nitrogen and oxygen atoms in total. The second-order valence-electron chi connectivity index (χ2n) is 11.2. The van der Waals surface area contributed by atoms with Crippen LogP contribution >= 0.6 is 0 Å². The first-order valence-corrected chi connectivity index (χ1v) is 16.7. The van der Waals surface area contributed by atoms with Crippen molar-refractivity contribution in [3.05, 3.63) is 42.5 Å². The number of hydrogen-bond donors (Lipinski definition) is 3. The second-order valence-corrected chi connectivity index (χ2v) is 13.0.